The number of aromatic nitrogens is 2. The van der Waals surface area contributed by atoms with E-state index in [4.69, 9.17) is 4.42 Å². The molecular weight excluding hydrogens is 410 g/mol. The number of rotatable bonds is 8. The lowest BCUT2D eigenvalue weighted by Crippen LogP contribution is -2.48. The largest absolute Gasteiger partial charge is 0.451 e. The van der Waals surface area contributed by atoms with Crippen molar-refractivity contribution in [3.05, 3.63) is 71.7 Å². The van der Waals surface area contributed by atoms with Gasteiger partial charge in [0.2, 0.25) is 5.91 Å². The van der Waals surface area contributed by atoms with Crippen molar-refractivity contribution in [1.82, 2.24) is 26.1 Å². The molecule has 166 valence electrons. The number of likely N-dealkylation sites (N-methyl/N-ethyl adjacent to an activating group) is 1. The van der Waals surface area contributed by atoms with Crippen molar-refractivity contribution >= 4 is 17.7 Å². The summed E-state index contributed by atoms with van der Waals surface area (Å²) in [6.45, 7) is 4.01. The number of carbonyl (C=O) groups excluding carboxylic acids is 3. The minimum Gasteiger partial charge on any atom is -0.451 e. The van der Waals surface area contributed by atoms with Crippen molar-refractivity contribution in [3.63, 3.8) is 0 Å². The second-order valence-corrected chi connectivity index (χ2v) is 7.49. The highest BCUT2D eigenvalue weighted by Gasteiger charge is 2.25. The Labute approximate surface area is 185 Å². The minimum absolute atomic E-state index is 0.0804. The summed E-state index contributed by atoms with van der Waals surface area (Å²) in [4.78, 5) is 36.7. The summed E-state index contributed by atoms with van der Waals surface area (Å²) in [5.74, 6) is -0.451. The lowest BCUT2D eigenvalue weighted by Gasteiger charge is -2.19. The molecule has 3 N–H and O–H groups in total. The summed E-state index contributed by atoms with van der Waals surface area (Å²) in [5, 5.41) is 15.4. The molecule has 2 aromatic heterocycles. The van der Waals surface area contributed by atoms with Gasteiger partial charge in [-0.25, -0.2) is 0 Å². The number of benzene rings is 1. The van der Waals surface area contributed by atoms with Crippen LogP contribution >= 0.6 is 0 Å². The average Bonchev–Trinajstić information content (AvgIpc) is 3.31. The molecule has 3 aromatic rings. The third-order valence-electron chi connectivity index (χ3n) is 4.82. The maximum absolute atomic E-state index is 12.6. The molecule has 0 unspecified atom stereocenters. The van der Waals surface area contributed by atoms with Crippen LogP contribution in [0.4, 0.5) is 0 Å². The van der Waals surface area contributed by atoms with Crippen LogP contribution in [0.2, 0.25) is 0 Å². The molecule has 3 amide bonds. The molecule has 2 heterocycles. The normalized spacial score (nSPS) is 11.6. The molecule has 0 radical (unpaired) electrons. The molecule has 3 rings (SSSR count). The molecule has 0 aliphatic carbocycles. The SMILES string of the molecule is CNC(=O)[C@@H](NC(=O)c1ccc(-c2cccc(CNC(=O)c3ccnnc3)c2)o1)C(C)C. The first-order valence-corrected chi connectivity index (χ1v) is 10.2. The van der Waals surface area contributed by atoms with Gasteiger partial charge in [-0.3, -0.25) is 14.4 Å². The van der Waals surface area contributed by atoms with E-state index in [2.05, 4.69) is 26.1 Å². The second kappa shape index (κ2) is 10.3. The van der Waals surface area contributed by atoms with Crippen molar-refractivity contribution in [2.45, 2.75) is 26.4 Å². The van der Waals surface area contributed by atoms with Crippen LogP contribution in [0.5, 0.6) is 0 Å². The molecule has 0 saturated heterocycles. The number of nitrogens with one attached hydrogen (secondary N) is 3. The standard InChI is InChI=1S/C23H25N5O4/c1-14(2)20(23(31)24-3)28-22(30)19-8-7-18(32-19)16-6-4-5-15(11-16)12-25-21(29)17-9-10-26-27-13-17/h4-11,13-14,20H,12H2,1-3H3,(H,24,31)(H,25,29)(H,28,30)/t20-/m0/s1. The predicted molar refractivity (Wildman–Crippen MR) is 118 cm³/mol. The van der Waals surface area contributed by atoms with E-state index < -0.39 is 11.9 Å². The zero-order valence-electron chi connectivity index (χ0n) is 18.1. The van der Waals surface area contributed by atoms with Crippen LogP contribution in [0, 0.1) is 5.92 Å². The average molecular weight is 435 g/mol. The van der Waals surface area contributed by atoms with Crippen LogP contribution in [0.25, 0.3) is 11.3 Å². The van der Waals surface area contributed by atoms with Gasteiger partial charge in [0.1, 0.15) is 11.8 Å². The van der Waals surface area contributed by atoms with E-state index in [9.17, 15) is 14.4 Å². The molecule has 0 bridgehead atoms. The van der Waals surface area contributed by atoms with Crippen LogP contribution in [-0.2, 0) is 11.3 Å². The van der Waals surface area contributed by atoms with Crippen molar-refractivity contribution in [2.75, 3.05) is 7.05 Å². The summed E-state index contributed by atoms with van der Waals surface area (Å²) in [7, 11) is 1.53. The fraction of sp³-hybridized carbons (Fsp3) is 0.261. The van der Waals surface area contributed by atoms with E-state index in [0.29, 0.717) is 17.9 Å². The fourth-order valence-corrected chi connectivity index (χ4v) is 3.06. The first kappa shape index (κ1) is 22.7. The maximum atomic E-state index is 12.6. The van der Waals surface area contributed by atoms with Gasteiger partial charge in [0.15, 0.2) is 5.76 Å². The molecule has 0 saturated carbocycles. The molecule has 0 aliphatic rings. The Morgan fingerprint density at radius 2 is 1.84 bits per heavy atom. The maximum Gasteiger partial charge on any atom is 0.287 e. The molecule has 9 heteroatoms. The molecule has 0 aliphatic heterocycles. The van der Waals surface area contributed by atoms with E-state index in [1.165, 1.54) is 19.4 Å². The molecular formula is C23H25N5O4. The van der Waals surface area contributed by atoms with Gasteiger partial charge in [0.05, 0.1) is 18.0 Å². The molecule has 9 nitrogen and oxygen atoms in total. The number of hydrogen-bond donors (Lipinski definition) is 3. The molecule has 0 fully saturated rings. The molecule has 1 atom stereocenters. The van der Waals surface area contributed by atoms with Crippen molar-refractivity contribution < 1.29 is 18.8 Å². The second-order valence-electron chi connectivity index (χ2n) is 7.49. The van der Waals surface area contributed by atoms with Gasteiger partial charge in [0, 0.05) is 19.2 Å². The van der Waals surface area contributed by atoms with Crippen LogP contribution in [-0.4, -0.2) is 41.0 Å². The quantitative estimate of drug-likeness (QED) is 0.498. The zero-order chi connectivity index (χ0) is 23.1. The summed E-state index contributed by atoms with van der Waals surface area (Å²) < 4.78 is 5.73. The third-order valence-corrected chi connectivity index (χ3v) is 4.82. The van der Waals surface area contributed by atoms with Gasteiger partial charge < -0.3 is 20.4 Å². The van der Waals surface area contributed by atoms with Crippen LogP contribution in [0.3, 0.4) is 0 Å². The first-order chi connectivity index (χ1) is 15.4. The Kier molecular flexibility index (Phi) is 7.33. The number of hydrogen-bond acceptors (Lipinski definition) is 6. The Balaban J connectivity index is 1.67. The highest BCUT2D eigenvalue weighted by atomic mass is 16.4. The summed E-state index contributed by atoms with van der Waals surface area (Å²) in [5.41, 5.74) is 2.04. The number of nitrogens with zero attached hydrogens (tertiary/aromatic N) is 2. The third kappa shape index (κ3) is 5.57. The van der Waals surface area contributed by atoms with Crippen LogP contribution in [0.1, 0.15) is 40.3 Å². The Hall–Kier alpha value is -4.01. The summed E-state index contributed by atoms with van der Waals surface area (Å²) >= 11 is 0. The lowest BCUT2D eigenvalue weighted by molar-refractivity contribution is -0.123. The van der Waals surface area contributed by atoms with Gasteiger partial charge in [-0.05, 0) is 35.7 Å². The summed E-state index contributed by atoms with van der Waals surface area (Å²) in [6, 6.07) is 11.6. The smallest absolute Gasteiger partial charge is 0.287 e. The van der Waals surface area contributed by atoms with Gasteiger partial charge in [-0.15, -0.1) is 0 Å². The van der Waals surface area contributed by atoms with Gasteiger partial charge in [-0.1, -0.05) is 32.0 Å². The fourth-order valence-electron chi connectivity index (χ4n) is 3.06. The molecule has 0 spiro atoms. The number of amides is 3. The number of furan rings is 1. The highest BCUT2D eigenvalue weighted by molar-refractivity contribution is 5.96. The zero-order valence-corrected chi connectivity index (χ0v) is 18.1. The van der Waals surface area contributed by atoms with Gasteiger partial charge in [0.25, 0.3) is 11.8 Å². The monoisotopic (exact) mass is 435 g/mol. The molecule has 1 aromatic carbocycles. The molecule has 32 heavy (non-hydrogen) atoms. The van der Waals surface area contributed by atoms with Crippen molar-refractivity contribution in [2.24, 2.45) is 5.92 Å². The van der Waals surface area contributed by atoms with Gasteiger partial charge >= 0.3 is 0 Å². The highest BCUT2D eigenvalue weighted by Crippen LogP contribution is 2.23. The van der Waals surface area contributed by atoms with Crippen LogP contribution < -0.4 is 16.0 Å². The van der Waals surface area contributed by atoms with E-state index in [1.54, 1.807) is 18.2 Å². The Morgan fingerprint density at radius 1 is 1.03 bits per heavy atom. The topological polar surface area (TPSA) is 126 Å². The van der Waals surface area contributed by atoms with E-state index in [1.807, 2.05) is 38.1 Å². The van der Waals surface area contributed by atoms with Crippen LogP contribution in [0.15, 0.2) is 59.3 Å². The van der Waals surface area contributed by atoms with E-state index >= 15 is 0 Å². The minimum atomic E-state index is -0.663. The van der Waals surface area contributed by atoms with Crippen molar-refractivity contribution in [1.29, 1.82) is 0 Å². The predicted octanol–water partition coefficient (Wildman–Crippen LogP) is 2.17. The first-order valence-electron chi connectivity index (χ1n) is 10.2. The lowest BCUT2D eigenvalue weighted by atomic mass is 10.0. The van der Waals surface area contributed by atoms with Crippen molar-refractivity contribution in [3.8, 4) is 11.3 Å². The van der Waals surface area contributed by atoms with E-state index in [0.717, 1.165) is 11.1 Å². The van der Waals surface area contributed by atoms with E-state index in [-0.39, 0.29) is 23.5 Å². The van der Waals surface area contributed by atoms with Gasteiger partial charge in [-0.2, -0.15) is 10.2 Å². The Bertz CT molecular complexity index is 1090. The number of carbonyl (C=O) groups is 3. The Morgan fingerprint density at radius 3 is 2.53 bits per heavy atom. The summed E-state index contributed by atoms with van der Waals surface area (Å²) in [6.07, 6.45) is 2.85.